The Kier molecular flexibility index (Phi) is 0.432. The lowest BCUT2D eigenvalue weighted by molar-refractivity contribution is 0.276. The third kappa shape index (κ3) is 0.840. The molecule has 1 aromatic heterocycles. The first-order valence-electron chi connectivity index (χ1n) is 4.37. The molecule has 0 unspecified atom stereocenters. The zero-order chi connectivity index (χ0) is 10.3. The molecule has 0 fully saturated rings. The number of rotatable bonds is 1. The van der Waals surface area contributed by atoms with Crippen molar-refractivity contribution in [1.82, 2.24) is 15.0 Å². The topological polar surface area (TPSA) is 50.9 Å². The number of nitrogens with zero attached hydrogens (tertiary/aromatic N) is 3. The molecular formula is C4H7N3O. The first kappa shape index (κ1) is 1.80. The molecule has 1 rings (SSSR count). The Balaban J connectivity index is 3.01. The standard InChI is InChI=1S/C4H7N3O/c1-7-2-4(3-8)5-6-7/h2,8H,3H2,1H3/i1D3,3D2. The monoisotopic (exact) mass is 118 g/mol. The third-order valence-electron chi connectivity index (χ3n) is 0.608. The van der Waals surface area contributed by atoms with Gasteiger partial charge in [-0.3, -0.25) is 4.68 Å². The van der Waals surface area contributed by atoms with Gasteiger partial charge in [0.1, 0.15) is 5.69 Å². The lowest BCUT2D eigenvalue weighted by Crippen LogP contribution is -1.85. The zero-order valence-electron chi connectivity index (χ0n) is 8.87. The SMILES string of the molecule is [2H]C([2H])(O)c1cn(C([2H])([2H])[2H])nn1. The van der Waals surface area contributed by atoms with Crippen molar-refractivity contribution in [3.8, 4) is 0 Å². The van der Waals surface area contributed by atoms with E-state index in [1.165, 1.54) is 0 Å². The van der Waals surface area contributed by atoms with Gasteiger partial charge in [-0.25, -0.2) is 0 Å². The molecule has 0 saturated heterocycles. The number of aromatic nitrogens is 3. The van der Waals surface area contributed by atoms with E-state index in [0.717, 1.165) is 6.20 Å². The van der Waals surface area contributed by atoms with Crippen molar-refractivity contribution in [3.63, 3.8) is 0 Å². The molecule has 0 aliphatic rings. The molecule has 1 aromatic rings. The molecule has 0 bridgehead atoms. The van der Waals surface area contributed by atoms with Gasteiger partial charge in [-0.1, -0.05) is 5.21 Å². The average molecular weight is 118 g/mol. The summed E-state index contributed by atoms with van der Waals surface area (Å²) in [5.74, 6) is 0. The zero-order valence-corrected chi connectivity index (χ0v) is 3.87. The quantitative estimate of drug-likeness (QED) is 0.531. The molecular weight excluding hydrogens is 106 g/mol. The summed E-state index contributed by atoms with van der Waals surface area (Å²) in [4.78, 5) is 0. The first-order chi connectivity index (χ1) is 5.71. The van der Waals surface area contributed by atoms with Crippen LogP contribution in [0.1, 0.15) is 12.5 Å². The molecule has 0 atom stereocenters. The summed E-state index contributed by atoms with van der Waals surface area (Å²) >= 11 is 0. The van der Waals surface area contributed by atoms with Crippen molar-refractivity contribution in [3.05, 3.63) is 11.9 Å². The molecule has 0 aliphatic heterocycles. The van der Waals surface area contributed by atoms with E-state index in [9.17, 15) is 0 Å². The van der Waals surface area contributed by atoms with Gasteiger partial charge in [0, 0.05) is 11.1 Å². The molecule has 0 spiro atoms. The van der Waals surface area contributed by atoms with Gasteiger partial charge in [0.25, 0.3) is 0 Å². The van der Waals surface area contributed by atoms with E-state index in [2.05, 4.69) is 10.3 Å². The van der Waals surface area contributed by atoms with Gasteiger partial charge in [-0.05, 0) is 0 Å². The highest BCUT2D eigenvalue weighted by molar-refractivity contribution is 4.87. The summed E-state index contributed by atoms with van der Waals surface area (Å²) in [6.45, 7) is -5.17. The third-order valence-corrected chi connectivity index (χ3v) is 0.608. The maximum Gasteiger partial charge on any atom is 0.108 e. The maximum atomic E-state index is 8.80. The number of hydrogen-bond donors (Lipinski definition) is 1. The van der Waals surface area contributed by atoms with Crippen LogP contribution in [0.5, 0.6) is 0 Å². The lowest BCUT2D eigenvalue weighted by atomic mass is 10.5. The molecule has 8 heavy (non-hydrogen) atoms. The summed E-state index contributed by atoms with van der Waals surface area (Å²) in [5.41, 5.74) is -0.427. The van der Waals surface area contributed by atoms with Gasteiger partial charge in [-0.15, -0.1) is 5.10 Å². The predicted octanol–water partition coefficient (Wildman–Crippen LogP) is -0.693. The summed E-state index contributed by atoms with van der Waals surface area (Å²) in [6, 6.07) is 0. The van der Waals surface area contributed by atoms with Crippen molar-refractivity contribution in [2.24, 2.45) is 6.98 Å². The molecule has 0 saturated carbocycles. The van der Waals surface area contributed by atoms with Gasteiger partial charge in [0.05, 0.1) is 15.5 Å². The smallest absolute Gasteiger partial charge is 0.108 e. The fourth-order valence-electron chi connectivity index (χ4n) is 0.315. The summed E-state index contributed by atoms with van der Waals surface area (Å²) in [6.07, 6.45) is 0.840. The number of hydrogen-bond acceptors (Lipinski definition) is 3. The normalized spacial score (nSPS) is 22.4. The fraction of sp³-hybridized carbons (Fsp3) is 0.500. The van der Waals surface area contributed by atoms with Crippen LogP contribution in [0.2, 0.25) is 0 Å². The Morgan fingerprint density at radius 2 is 3.12 bits per heavy atom. The lowest BCUT2D eigenvalue weighted by Gasteiger charge is -1.78. The minimum Gasteiger partial charge on any atom is -0.390 e. The average Bonchev–Trinajstić information content (AvgIpc) is 2.28. The van der Waals surface area contributed by atoms with Crippen molar-refractivity contribution >= 4 is 0 Å². The van der Waals surface area contributed by atoms with Gasteiger partial charge in [-0.2, -0.15) is 0 Å². The Morgan fingerprint density at radius 1 is 2.25 bits per heavy atom. The molecule has 0 aliphatic carbocycles. The van der Waals surface area contributed by atoms with Crippen LogP contribution in [-0.4, -0.2) is 20.1 Å². The highest BCUT2D eigenvalue weighted by atomic mass is 16.3. The van der Waals surface area contributed by atoms with Crippen molar-refractivity contribution in [2.45, 2.75) is 6.56 Å². The van der Waals surface area contributed by atoms with E-state index in [1.54, 1.807) is 0 Å². The van der Waals surface area contributed by atoms with Crippen LogP contribution in [0.3, 0.4) is 0 Å². The van der Waals surface area contributed by atoms with E-state index in [-0.39, 0.29) is 0 Å². The van der Waals surface area contributed by atoms with Crippen LogP contribution < -0.4 is 0 Å². The number of aryl methyl sites for hydroxylation is 1. The Bertz CT molecular complexity index is 271. The first-order valence-corrected chi connectivity index (χ1v) is 1.87. The summed E-state index contributed by atoms with van der Waals surface area (Å²) in [5, 5.41) is 15.1. The Labute approximate surface area is 53.8 Å². The Morgan fingerprint density at radius 3 is 3.50 bits per heavy atom. The van der Waals surface area contributed by atoms with E-state index < -0.39 is 19.2 Å². The van der Waals surface area contributed by atoms with E-state index >= 15 is 0 Å². The molecule has 0 radical (unpaired) electrons. The molecule has 4 nitrogen and oxygen atoms in total. The Hall–Kier alpha value is -0.900. The second-order valence-electron chi connectivity index (χ2n) is 1.16. The van der Waals surface area contributed by atoms with Crippen LogP contribution in [0.4, 0.5) is 0 Å². The molecule has 1 heterocycles. The van der Waals surface area contributed by atoms with Gasteiger partial charge in [0.15, 0.2) is 0 Å². The van der Waals surface area contributed by atoms with Crippen molar-refractivity contribution in [1.29, 1.82) is 0 Å². The van der Waals surface area contributed by atoms with Crippen LogP contribution in [0.25, 0.3) is 0 Å². The van der Waals surface area contributed by atoms with Crippen LogP contribution >= 0.6 is 0 Å². The van der Waals surface area contributed by atoms with Gasteiger partial charge >= 0.3 is 0 Å². The minimum absolute atomic E-state index is 0.427. The molecule has 44 valence electrons. The van der Waals surface area contributed by atoms with Crippen LogP contribution in [-0.2, 0) is 13.5 Å². The second-order valence-corrected chi connectivity index (χ2v) is 1.16. The molecule has 4 heteroatoms. The van der Waals surface area contributed by atoms with Gasteiger partial charge < -0.3 is 5.11 Å². The largest absolute Gasteiger partial charge is 0.390 e. The second kappa shape index (κ2) is 1.92. The van der Waals surface area contributed by atoms with Crippen molar-refractivity contribution in [2.75, 3.05) is 0 Å². The molecule has 0 amide bonds. The fourth-order valence-corrected chi connectivity index (χ4v) is 0.315. The summed E-state index contributed by atoms with van der Waals surface area (Å²) in [7, 11) is 0. The van der Waals surface area contributed by atoms with E-state index in [0.29, 0.717) is 4.68 Å². The van der Waals surface area contributed by atoms with Crippen molar-refractivity contribution < 1.29 is 12.0 Å². The highest BCUT2D eigenvalue weighted by Crippen LogP contribution is 1.87. The minimum atomic E-state index is -2.66. The van der Waals surface area contributed by atoms with Crippen LogP contribution in [0, 0.1) is 0 Å². The summed E-state index contributed by atoms with van der Waals surface area (Å²) < 4.78 is 34.8. The predicted molar refractivity (Wildman–Crippen MR) is 26.9 cm³/mol. The number of aliphatic hydroxyl groups is 1. The highest BCUT2D eigenvalue weighted by Gasteiger charge is 1.91. The molecule has 1 N–H and O–H groups in total. The maximum absolute atomic E-state index is 8.80. The van der Waals surface area contributed by atoms with Crippen LogP contribution in [0.15, 0.2) is 6.20 Å². The van der Waals surface area contributed by atoms with E-state index in [1.807, 2.05) is 0 Å². The van der Waals surface area contributed by atoms with E-state index in [4.69, 9.17) is 12.0 Å². The van der Waals surface area contributed by atoms with Gasteiger partial charge in [0.2, 0.25) is 0 Å². The molecule has 0 aromatic carbocycles.